The zero-order chi connectivity index (χ0) is 79.0. The van der Waals surface area contributed by atoms with E-state index in [-0.39, 0.29) is 42.1 Å². The number of benzene rings is 6. The Balaban J connectivity index is 0.000000190. The van der Waals surface area contributed by atoms with Crippen LogP contribution in [0.15, 0.2) is 158 Å². The standard InChI is InChI=1S/C24H24ClF3N4O3.C14H15ClN4O.2C10H9F3O2.C7H5F3O.C3H5ClO.C2HF3O2/c25-18-4-8-21-16(13-18)1-7-22(29-21)23(34)30-32-11-9-31(10-12-32)14-19(33)15-35-20-5-2-17(3-6-20)24(26,27)28;15-11-2-4-12-10(9-11)1-3-13(17-12)14(20)18-19-7-5-16-6-8-19;2*11-10(12,13)7-1-3-8(4-2-7)14-5-9-6-15-9;8-7(9,10)5-1-3-6(11)4-2-5;4-1-3-2-5-3;3-2(4,5)1(6)7/h1-8,13,19,33H,9-12,14-15H2,(H,30,34);1-4,9,16H,5-8H2,(H,18,20);2*1-4,9H,5-6H2;1-4,11H;3H,1-2H2;(H,6,7). The summed E-state index contributed by atoms with van der Waals surface area (Å²) in [6, 6.07) is 35.0. The Labute approximate surface area is 621 Å². The molecular formula is C70H68Cl3F15N8O12. The lowest BCUT2D eigenvalue weighted by Gasteiger charge is -2.35. The zero-order valence-corrected chi connectivity index (χ0v) is 58.5. The number of ether oxygens (including phenoxy) is 6. The second kappa shape index (κ2) is 40.1. The van der Waals surface area contributed by atoms with E-state index in [2.05, 4.69) is 26.1 Å². The first-order valence-electron chi connectivity index (χ1n) is 32.2. The van der Waals surface area contributed by atoms with Crippen molar-refractivity contribution in [2.24, 2.45) is 0 Å². The summed E-state index contributed by atoms with van der Waals surface area (Å²) in [6.45, 7) is 9.00. The van der Waals surface area contributed by atoms with Crippen LogP contribution in [0.25, 0.3) is 21.8 Å². The number of piperazine rings is 2. The Morgan fingerprint density at radius 2 is 0.843 bits per heavy atom. The maximum atomic E-state index is 12.6. The largest absolute Gasteiger partial charge is 0.508 e. The van der Waals surface area contributed by atoms with Crippen molar-refractivity contribution in [3.8, 4) is 23.0 Å². The van der Waals surface area contributed by atoms with Gasteiger partial charge in [-0.3, -0.25) is 25.3 Å². The van der Waals surface area contributed by atoms with Crippen LogP contribution in [0.4, 0.5) is 65.9 Å². The molecule has 5 aliphatic rings. The molecule has 586 valence electrons. The predicted octanol–water partition coefficient (Wildman–Crippen LogP) is 13.7. The summed E-state index contributed by atoms with van der Waals surface area (Å²) in [6.07, 6.45) is -22.6. The number of phenols is 1. The van der Waals surface area contributed by atoms with Crippen molar-refractivity contribution in [1.82, 2.24) is 41.1 Å². The Kier molecular flexibility index (Phi) is 32.1. The number of pyridine rings is 2. The number of phenolic OH excluding ortho intramolecular Hbond substituents is 1. The number of aliphatic carboxylic acids is 1. The maximum Gasteiger partial charge on any atom is 0.490 e. The second-order valence-electron chi connectivity index (χ2n) is 23.5. The fraction of sp³-hybridized carbons (Fsp3) is 0.357. The van der Waals surface area contributed by atoms with Crippen LogP contribution in [0.1, 0.15) is 43.2 Å². The number of carbonyl (C=O) groups is 3. The van der Waals surface area contributed by atoms with E-state index in [1.54, 1.807) is 47.5 Å². The minimum atomic E-state index is -5.08. The van der Waals surface area contributed by atoms with Crippen molar-refractivity contribution in [2.75, 3.05) is 104 Å². The topological polar surface area (TPSA) is 249 Å². The van der Waals surface area contributed by atoms with Gasteiger partial charge in [-0.2, -0.15) is 65.9 Å². The summed E-state index contributed by atoms with van der Waals surface area (Å²) >= 11 is 17.2. The molecule has 2 amide bonds. The van der Waals surface area contributed by atoms with Gasteiger partial charge < -0.3 is 49.1 Å². The number of hydrogen-bond acceptors (Lipinski definition) is 17. The van der Waals surface area contributed by atoms with Gasteiger partial charge in [-0.25, -0.2) is 24.8 Å². The highest BCUT2D eigenvalue weighted by Gasteiger charge is 2.39. The first-order chi connectivity index (χ1) is 50.9. The molecule has 6 aromatic carbocycles. The van der Waals surface area contributed by atoms with E-state index in [4.69, 9.17) is 78.2 Å². The quantitative estimate of drug-likeness (QED) is 0.0299. The number of carboxylic acid groups (broad SMARTS) is 1. The number of fused-ring (bicyclic) bond motifs is 2. The SMILES string of the molecule is ClCC1CO1.FC(F)(F)c1ccc(OCC2CO2)cc1.FC(F)(F)c1ccc(OCC2CO2)cc1.O=C(NN1CCN(CC(O)COc2ccc(C(F)(F)F)cc2)CC1)c1ccc2cc(Cl)ccc2n1.O=C(NN1CCNCC1)c1ccc2cc(Cl)ccc2n1.O=C(O)C(F)(F)F.Oc1ccc(C(F)(F)F)cc1. The Morgan fingerprint density at radius 1 is 0.500 bits per heavy atom. The number of carboxylic acids is 1. The number of alkyl halides is 16. The van der Waals surface area contributed by atoms with Gasteiger partial charge >= 0.3 is 36.9 Å². The summed E-state index contributed by atoms with van der Waals surface area (Å²) in [5.74, 6) is -1.62. The Morgan fingerprint density at radius 3 is 1.17 bits per heavy atom. The third-order valence-corrected chi connectivity index (χ3v) is 15.7. The van der Waals surface area contributed by atoms with Crippen LogP contribution < -0.4 is 30.4 Å². The molecule has 5 fully saturated rings. The van der Waals surface area contributed by atoms with Crippen LogP contribution >= 0.6 is 34.8 Å². The molecule has 0 radical (unpaired) electrons. The van der Waals surface area contributed by atoms with Crippen molar-refractivity contribution in [3.63, 3.8) is 0 Å². The summed E-state index contributed by atoms with van der Waals surface area (Å²) in [7, 11) is 0. The Bertz CT molecular complexity index is 4060. The van der Waals surface area contributed by atoms with Crippen molar-refractivity contribution in [3.05, 3.63) is 201 Å². The van der Waals surface area contributed by atoms with Crippen molar-refractivity contribution in [1.29, 1.82) is 0 Å². The molecule has 5 aliphatic heterocycles. The number of nitrogens with one attached hydrogen (secondary N) is 3. The molecule has 7 heterocycles. The number of aromatic hydroxyl groups is 1. The summed E-state index contributed by atoms with van der Waals surface area (Å²) in [5, 5.41) is 36.0. The molecule has 4 atom stereocenters. The number of rotatable bonds is 16. The molecule has 5 saturated heterocycles. The van der Waals surface area contributed by atoms with Gasteiger partial charge in [-0.1, -0.05) is 35.3 Å². The molecular weight excluding hydrogens is 1540 g/mol. The third-order valence-electron chi connectivity index (χ3n) is 14.9. The zero-order valence-electron chi connectivity index (χ0n) is 56.2. The monoisotopic (exact) mass is 1600 g/mol. The third kappa shape index (κ3) is 31.5. The molecule has 38 heteroatoms. The molecule has 108 heavy (non-hydrogen) atoms. The minimum absolute atomic E-state index is 0.0405. The average molecular weight is 1600 g/mol. The number of hydrazine groups is 2. The predicted molar refractivity (Wildman–Crippen MR) is 364 cm³/mol. The molecule has 6 N–H and O–H groups in total. The molecule has 20 nitrogen and oxygen atoms in total. The van der Waals surface area contributed by atoms with E-state index in [0.29, 0.717) is 110 Å². The van der Waals surface area contributed by atoms with E-state index >= 15 is 0 Å². The lowest BCUT2D eigenvalue weighted by atomic mass is 10.2. The van der Waals surface area contributed by atoms with Crippen LogP contribution in [0, 0.1) is 0 Å². The van der Waals surface area contributed by atoms with Crippen molar-refractivity contribution in [2.45, 2.75) is 55.3 Å². The molecule has 4 unspecified atom stereocenters. The fourth-order valence-electron chi connectivity index (χ4n) is 8.94. The van der Waals surface area contributed by atoms with Gasteiger partial charge in [0.2, 0.25) is 0 Å². The number of aliphatic hydroxyl groups excluding tert-OH is 1. The molecule has 0 aliphatic carbocycles. The average Bonchev–Trinajstić information content (AvgIpc) is 1.43. The second-order valence-corrected chi connectivity index (χ2v) is 24.7. The number of β-amino-alcohol motifs (C(OH)–C–C–N with tert-alkyl or cyclic N) is 1. The highest BCUT2D eigenvalue weighted by atomic mass is 35.5. The molecule has 0 bridgehead atoms. The van der Waals surface area contributed by atoms with Crippen molar-refractivity contribution < 1.29 is 124 Å². The molecule has 0 saturated carbocycles. The normalized spacial score (nSPS) is 17.3. The number of carbonyl (C=O) groups excluding carboxylic acids is 2. The van der Waals surface area contributed by atoms with E-state index < -0.39 is 65.2 Å². The van der Waals surface area contributed by atoms with Gasteiger partial charge in [-0.15, -0.1) is 11.6 Å². The van der Waals surface area contributed by atoms with Gasteiger partial charge in [0.25, 0.3) is 11.8 Å². The van der Waals surface area contributed by atoms with E-state index in [1.807, 2.05) is 28.1 Å². The number of nitrogens with zero attached hydrogens (tertiary/aromatic N) is 5. The van der Waals surface area contributed by atoms with Gasteiger partial charge in [0, 0.05) is 79.7 Å². The van der Waals surface area contributed by atoms with E-state index in [9.17, 15) is 80.6 Å². The first kappa shape index (κ1) is 86.5. The van der Waals surface area contributed by atoms with Gasteiger partial charge in [0.15, 0.2) is 0 Å². The number of aliphatic hydroxyl groups is 1. The summed E-state index contributed by atoms with van der Waals surface area (Å²) in [5.41, 5.74) is 5.06. The lowest BCUT2D eigenvalue weighted by molar-refractivity contribution is -0.192. The number of aromatic nitrogens is 2. The van der Waals surface area contributed by atoms with E-state index in [0.717, 1.165) is 110 Å². The van der Waals surface area contributed by atoms with Crippen LogP contribution in [0.3, 0.4) is 0 Å². The minimum Gasteiger partial charge on any atom is -0.508 e. The van der Waals surface area contributed by atoms with Crippen LogP contribution in [-0.4, -0.2) is 193 Å². The van der Waals surface area contributed by atoms with Crippen LogP contribution in [-0.2, 0) is 43.7 Å². The van der Waals surface area contributed by atoms with Crippen molar-refractivity contribution >= 4 is 74.4 Å². The van der Waals surface area contributed by atoms with Crippen LogP contribution in [0.5, 0.6) is 23.0 Å². The molecule has 0 spiro atoms. The molecule has 2 aromatic heterocycles. The number of hydrogen-bond donors (Lipinski definition) is 6. The number of amides is 2. The highest BCUT2D eigenvalue weighted by Crippen LogP contribution is 2.34. The van der Waals surface area contributed by atoms with E-state index in [1.165, 1.54) is 36.4 Å². The molecule has 8 aromatic rings. The Hall–Kier alpha value is -8.75. The van der Waals surface area contributed by atoms with Gasteiger partial charge in [0.05, 0.1) is 65.1 Å². The maximum absolute atomic E-state index is 12.6. The van der Waals surface area contributed by atoms with Crippen LogP contribution in [0.2, 0.25) is 10.0 Å². The summed E-state index contributed by atoms with van der Waals surface area (Å²) < 4.78 is 209. The van der Waals surface area contributed by atoms with Gasteiger partial charge in [-0.05, 0) is 146 Å². The summed E-state index contributed by atoms with van der Waals surface area (Å²) in [4.78, 5) is 44.4. The fourth-order valence-corrected chi connectivity index (χ4v) is 9.48. The first-order valence-corrected chi connectivity index (χ1v) is 33.5. The highest BCUT2D eigenvalue weighted by molar-refractivity contribution is 6.31. The lowest BCUT2D eigenvalue weighted by Crippen LogP contribution is -2.55. The number of epoxide rings is 3. The van der Waals surface area contributed by atoms with Gasteiger partial charge in [0.1, 0.15) is 72.5 Å². The smallest absolute Gasteiger partial charge is 0.490 e. The number of halogens is 18. The molecule has 13 rings (SSSR count).